The first-order valence-corrected chi connectivity index (χ1v) is 24.3. The van der Waals surface area contributed by atoms with Crippen LogP contribution >= 0.6 is 7.82 Å². The molecule has 9 atom stereocenters. The van der Waals surface area contributed by atoms with E-state index in [1.54, 1.807) is 6.08 Å². The summed E-state index contributed by atoms with van der Waals surface area (Å²) < 4.78 is 33.4. The molecule has 15 heteroatoms. The lowest BCUT2D eigenvalue weighted by Gasteiger charge is -2.41. The number of aliphatic hydroxyl groups is 6. The molecule has 0 amide bonds. The summed E-state index contributed by atoms with van der Waals surface area (Å²) >= 11 is 0. The molecule has 0 spiro atoms. The van der Waals surface area contributed by atoms with Crippen LogP contribution in [0.2, 0.25) is 0 Å². The number of allylic oxidation sites excluding steroid dienone is 16. The lowest BCUT2D eigenvalue weighted by atomic mass is 9.85. The van der Waals surface area contributed by atoms with Crippen molar-refractivity contribution in [3.05, 3.63) is 109 Å². The van der Waals surface area contributed by atoms with Gasteiger partial charge in [0.15, 0.2) is 6.10 Å². The first kappa shape index (κ1) is 58.5. The molecule has 1 rings (SSSR count). The van der Waals surface area contributed by atoms with Crippen LogP contribution in [0, 0.1) is 0 Å². The van der Waals surface area contributed by atoms with Crippen molar-refractivity contribution in [1.82, 2.24) is 0 Å². The minimum Gasteiger partial charge on any atom is -0.462 e. The molecule has 0 aromatic carbocycles. The number of hydrogen-bond acceptors (Lipinski definition) is 13. The van der Waals surface area contributed by atoms with Gasteiger partial charge in [-0.3, -0.25) is 18.6 Å². The molecule has 362 valence electrons. The number of hydrogen-bond donors (Lipinski definition) is 7. The Balaban J connectivity index is 2.56. The van der Waals surface area contributed by atoms with Crippen molar-refractivity contribution in [3.8, 4) is 0 Å². The zero-order valence-corrected chi connectivity index (χ0v) is 38.8. The third kappa shape index (κ3) is 29.8. The van der Waals surface area contributed by atoms with Crippen LogP contribution in [0.3, 0.4) is 0 Å². The van der Waals surface area contributed by atoms with Crippen molar-refractivity contribution < 1.29 is 68.2 Å². The van der Waals surface area contributed by atoms with Gasteiger partial charge in [0, 0.05) is 12.8 Å². The van der Waals surface area contributed by atoms with E-state index in [2.05, 4.69) is 61.6 Å². The van der Waals surface area contributed by atoms with E-state index in [-0.39, 0.29) is 12.8 Å². The van der Waals surface area contributed by atoms with Gasteiger partial charge < -0.3 is 45.0 Å². The molecule has 7 N–H and O–H groups in total. The molecule has 1 saturated carbocycles. The van der Waals surface area contributed by atoms with Crippen molar-refractivity contribution in [2.24, 2.45) is 0 Å². The molecule has 64 heavy (non-hydrogen) atoms. The fourth-order valence-corrected chi connectivity index (χ4v) is 7.03. The van der Waals surface area contributed by atoms with Gasteiger partial charge in [0.2, 0.25) is 0 Å². The Labute approximate surface area is 381 Å². The summed E-state index contributed by atoms with van der Waals surface area (Å²) in [7, 11) is -5.16. The number of phosphoric acid groups is 1. The number of rotatable bonds is 35. The van der Waals surface area contributed by atoms with Crippen LogP contribution in [0.25, 0.3) is 0 Å². The first-order valence-electron chi connectivity index (χ1n) is 22.8. The Morgan fingerprint density at radius 2 is 1.06 bits per heavy atom. The number of phosphoric ester groups is 1. The smallest absolute Gasteiger partial charge is 0.462 e. The molecule has 14 nitrogen and oxygen atoms in total. The molecule has 0 radical (unpaired) electrons. The highest BCUT2D eigenvalue weighted by molar-refractivity contribution is 7.47. The topological polar surface area (TPSA) is 230 Å². The van der Waals surface area contributed by atoms with Gasteiger partial charge in [0.25, 0.3) is 0 Å². The summed E-state index contributed by atoms with van der Waals surface area (Å²) in [4.78, 5) is 35.7. The molecule has 0 aromatic heterocycles. The molecular formula is C49H77O14P. The predicted molar refractivity (Wildman–Crippen MR) is 250 cm³/mol. The third-order valence-corrected chi connectivity index (χ3v) is 10.7. The highest BCUT2D eigenvalue weighted by Gasteiger charge is 2.51. The Kier molecular flexibility index (Phi) is 34.4. The Hall–Kier alpha value is -3.53. The molecule has 4 unspecified atom stereocenters. The van der Waals surface area contributed by atoms with E-state index >= 15 is 0 Å². The third-order valence-electron chi connectivity index (χ3n) is 9.70. The summed E-state index contributed by atoms with van der Waals surface area (Å²) in [6.07, 6.45) is 34.8. The normalized spacial score (nSPS) is 23.1. The van der Waals surface area contributed by atoms with Crippen molar-refractivity contribution in [1.29, 1.82) is 0 Å². The van der Waals surface area contributed by atoms with Gasteiger partial charge in [0.05, 0.1) is 12.7 Å². The van der Waals surface area contributed by atoms with Gasteiger partial charge in [-0.05, 0) is 77.0 Å². The molecular weight excluding hydrogens is 843 g/mol. The average Bonchev–Trinajstić information content (AvgIpc) is 3.27. The maximum absolute atomic E-state index is 12.8. The number of unbranched alkanes of at least 4 members (excludes halogenated alkanes) is 5. The van der Waals surface area contributed by atoms with E-state index in [4.69, 9.17) is 18.5 Å². The van der Waals surface area contributed by atoms with Crippen LogP contribution in [0.4, 0.5) is 0 Å². The zero-order valence-electron chi connectivity index (χ0n) is 37.9. The number of esters is 2. The Morgan fingerprint density at radius 3 is 1.64 bits per heavy atom. The fourth-order valence-electron chi connectivity index (χ4n) is 6.05. The average molecular weight is 921 g/mol. The van der Waals surface area contributed by atoms with Crippen LogP contribution in [-0.4, -0.2) is 110 Å². The van der Waals surface area contributed by atoms with Gasteiger partial charge >= 0.3 is 19.8 Å². The summed E-state index contributed by atoms with van der Waals surface area (Å²) in [6, 6.07) is 0. The summed E-state index contributed by atoms with van der Waals surface area (Å²) in [5, 5.41) is 60.0. The largest absolute Gasteiger partial charge is 0.472 e. The van der Waals surface area contributed by atoms with Crippen LogP contribution in [0.1, 0.15) is 123 Å². The number of carbonyl (C=O) groups is 2. The molecule has 1 aliphatic rings. The molecule has 0 bridgehead atoms. The van der Waals surface area contributed by atoms with Gasteiger partial charge in [-0.1, -0.05) is 142 Å². The van der Waals surface area contributed by atoms with E-state index < -0.39 is 81.8 Å². The lowest BCUT2D eigenvalue weighted by Crippen LogP contribution is -2.64. The summed E-state index contributed by atoms with van der Waals surface area (Å²) in [5.74, 6) is -1.26. The van der Waals surface area contributed by atoms with Crippen LogP contribution < -0.4 is 0 Å². The first-order chi connectivity index (χ1) is 30.8. The van der Waals surface area contributed by atoms with Crippen molar-refractivity contribution in [3.63, 3.8) is 0 Å². The highest BCUT2D eigenvalue weighted by atomic mass is 31.2. The fraction of sp³-hybridized carbons (Fsp3) is 0.592. The number of carbonyl (C=O) groups excluding carboxylic acids is 2. The maximum atomic E-state index is 12.8. The van der Waals surface area contributed by atoms with Crippen molar-refractivity contribution in [2.45, 2.75) is 172 Å². The molecule has 0 heterocycles. The summed E-state index contributed by atoms with van der Waals surface area (Å²) in [5.41, 5.74) is 0. The number of aliphatic hydroxyl groups excluding tert-OH is 6. The minimum atomic E-state index is -5.16. The van der Waals surface area contributed by atoms with Gasteiger partial charge in [-0.15, -0.1) is 0 Å². The van der Waals surface area contributed by atoms with Crippen LogP contribution in [-0.2, 0) is 32.7 Å². The predicted octanol–water partition coefficient (Wildman–Crippen LogP) is 7.80. The van der Waals surface area contributed by atoms with Crippen LogP contribution in [0.15, 0.2) is 109 Å². The molecule has 1 fully saturated rings. The van der Waals surface area contributed by atoms with E-state index in [0.29, 0.717) is 25.7 Å². The Morgan fingerprint density at radius 1 is 0.562 bits per heavy atom. The number of ether oxygens (including phenoxy) is 2. The molecule has 0 saturated heterocycles. The quantitative estimate of drug-likeness (QED) is 0.0106. The SMILES string of the molecule is CC/C=C\C/C=C\C/C=C\C/C=C\C/C=C\C/C=C\CCC(=O)OC[C@H](COP(=O)(O)OC1[C@H](O)[C@H](O)C(O)[C@H](O)[C@H]1O)OC(=O)CCCCCCC/C=C/C=C/C(O)C/C=C/CC. The molecule has 0 aliphatic heterocycles. The van der Waals surface area contributed by atoms with E-state index in [0.717, 1.165) is 70.6 Å². The van der Waals surface area contributed by atoms with E-state index in [1.807, 2.05) is 55.5 Å². The monoisotopic (exact) mass is 921 g/mol. The molecule has 1 aliphatic carbocycles. The maximum Gasteiger partial charge on any atom is 0.472 e. The van der Waals surface area contributed by atoms with E-state index in [9.17, 15) is 49.7 Å². The second-order valence-electron chi connectivity index (χ2n) is 15.3. The van der Waals surface area contributed by atoms with Gasteiger partial charge in [-0.2, -0.15) is 0 Å². The highest BCUT2D eigenvalue weighted by Crippen LogP contribution is 2.47. The standard InChI is InChI=1S/C49H77O14P/c1-3-5-7-8-9-10-11-12-13-14-15-16-17-18-19-22-25-28-32-36-42(51)60-38-41(39-61-64(58,59)63-49-47(56)45(54)44(53)46(55)48(49)57)62-43(52)37-33-29-26-23-20-21-24-27-31-35-40(50)34-30-6-4-2/h5-7,9-10,12-13,15-16,18-19,24-25,27-28,30-31,35,40-41,44-50,53-57H,3-4,8,11,14,17,20-23,26,29,32-34,36-39H2,1-2H3,(H,58,59)/b7-5-,10-9-,13-12-,16-15-,19-18-,27-24+,28-25-,30-6+,35-31+/t40?,41-,44?,45-,46+,47-,48-,49?/m1/s1. The van der Waals surface area contributed by atoms with Crippen molar-refractivity contribution >= 4 is 19.8 Å². The molecule has 0 aromatic rings. The van der Waals surface area contributed by atoms with Gasteiger partial charge in [0.1, 0.15) is 43.2 Å². The van der Waals surface area contributed by atoms with Gasteiger partial charge in [-0.25, -0.2) is 4.57 Å². The second-order valence-corrected chi connectivity index (χ2v) is 16.7. The van der Waals surface area contributed by atoms with E-state index in [1.165, 1.54) is 0 Å². The summed E-state index contributed by atoms with van der Waals surface area (Å²) in [6.45, 7) is 2.87. The Bertz CT molecular complexity index is 1550. The van der Waals surface area contributed by atoms with Crippen LogP contribution in [0.5, 0.6) is 0 Å². The lowest BCUT2D eigenvalue weighted by molar-refractivity contribution is -0.220. The van der Waals surface area contributed by atoms with Crippen molar-refractivity contribution in [2.75, 3.05) is 13.2 Å². The zero-order chi connectivity index (χ0) is 47.3. The minimum absolute atomic E-state index is 0.0197. The second kappa shape index (κ2) is 37.7.